The average molecular weight is 360 g/mol. The largest absolute Gasteiger partial charge is 0.496 e. The van der Waals surface area contributed by atoms with E-state index < -0.39 is 0 Å². The Balaban J connectivity index is 1.88. The van der Waals surface area contributed by atoms with E-state index in [0.29, 0.717) is 11.8 Å². The van der Waals surface area contributed by atoms with Crippen LogP contribution in [0.3, 0.4) is 0 Å². The highest BCUT2D eigenvalue weighted by Crippen LogP contribution is 2.43. The van der Waals surface area contributed by atoms with Gasteiger partial charge in [-0.2, -0.15) is 0 Å². The molecule has 3 nitrogen and oxygen atoms in total. The molecule has 25 heavy (non-hydrogen) atoms. The fourth-order valence-electron chi connectivity index (χ4n) is 3.82. The number of methoxy groups -OCH3 is 1. The van der Waals surface area contributed by atoms with E-state index in [0.717, 1.165) is 48.1 Å². The van der Waals surface area contributed by atoms with Crippen LogP contribution in [0.25, 0.3) is 0 Å². The van der Waals surface area contributed by atoms with Gasteiger partial charge >= 0.3 is 0 Å². The van der Waals surface area contributed by atoms with Gasteiger partial charge in [0.2, 0.25) is 0 Å². The zero-order valence-corrected chi connectivity index (χ0v) is 15.9. The van der Waals surface area contributed by atoms with E-state index in [9.17, 15) is 0 Å². The maximum absolute atomic E-state index is 6.21. The maximum Gasteiger partial charge on any atom is 0.129 e. The van der Waals surface area contributed by atoms with Gasteiger partial charge in [-0.15, -0.1) is 0 Å². The number of hydrogen-bond donors (Lipinski definition) is 1. The second kappa shape index (κ2) is 8.11. The molecule has 2 unspecified atom stereocenters. The van der Waals surface area contributed by atoms with Gasteiger partial charge in [0, 0.05) is 17.1 Å². The minimum atomic E-state index is 0.419. The van der Waals surface area contributed by atoms with Crippen molar-refractivity contribution in [3.63, 3.8) is 0 Å². The van der Waals surface area contributed by atoms with Crippen molar-refractivity contribution < 1.29 is 9.47 Å². The quantitative estimate of drug-likeness (QED) is 0.794. The topological polar surface area (TPSA) is 30.5 Å². The van der Waals surface area contributed by atoms with Crippen molar-refractivity contribution in [3.05, 3.63) is 58.1 Å². The Labute approximate surface area is 155 Å². The van der Waals surface area contributed by atoms with Crippen LogP contribution >= 0.6 is 11.6 Å². The Bertz CT molecular complexity index is 732. The molecule has 134 valence electrons. The number of ether oxygens (including phenoxy) is 2. The van der Waals surface area contributed by atoms with E-state index in [-0.39, 0.29) is 0 Å². The molecule has 3 rings (SSSR count). The van der Waals surface area contributed by atoms with Crippen LogP contribution in [0.4, 0.5) is 0 Å². The minimum Gasteiger partial charge on any atom is -0.496 e. The van der Waals surface area contributed by atoms with Crippen molar-refractivity contribution in [1.82, 2.24) is 5.32 Å². The van der Waals surface area contributed by atoms with E-state index in [1.54, 1.807) is 7.11 Å². The summed E-state index contributed by atoms with van der Waals surface area (Å²) in [7, 11) is 3.71. The van der Waals surface area contributed by atoms with Gasteiger partial charge in [-0.05, 0) is 68.0 Å². The van der Waals surface area contributed by atoms with Gasteiger partial charge in [-0.3, -0.25) is 0 Å². The standard InChI is InChI=1S/C21H26ClNO2/c1-14-20(24-3)8-7-19-16(9-10-25-21(14)19)11-17(13-23-2)15-5-4-6-18(22)12-15/h4-8,12,16-17,23H,9-11,13H2,1-3H3. The Morgan fingerprint density at radius 3 is 2.88 bits per heavy atom. The van der Waals surface area contributed by atoms with Gasteiger partial charge in [-0.1, -0.05) is 29.8 Å². The van der Waals surface area contributed by atoms with Gasteiger partial charge in [0.1, 0.15) is 11.5 Å². The zero-order chi connectivity index (χ0) is 17.8. The number of rotatable bonds is 6. The van der Waals surface area contributed by atoms with Gasteiger partial charge in [0.15, 0.2) is 0 Å². The lowest BCUT2D eigenvalue weighted by Crippen LogP contribution is -2.22. The number of likely N-dealkylation sites (N-methyl/N-ethyl adjacent to an activating group) is 1. The second-order valence-electron chi connectivity index (χ2n) is 6.69. The number of halogens is 1. The maximum atomic E-state index is 6.21. The first-order chi connectivity index (χ1) is 12.1. The van der Waals surface area contributed by atoms with Crippen molar-refractivity contribution in [3.8, 4) is 11.5 Å². The first-order valence-corrected chi connectivity index (χ1v) is 9.22. The summed E-state index contributed by atoms with van der Waals surface area (Å²) >= 11 is 6.21. The highest BCUT2D eigenvalue weighted by molar-refractivity contribution is 6.30. The zero-order valence-electron chi connectivity index (χ0n) is 15.1. The lowest BCUT2D eigenvalue weighted by Gasteiger charge is -2.31. The highest BCUT2D eigenvalue weighted by Gasteiger charge is 2.27. The molecule has 2 atom stereocenters. The van der Waals surface area contributed by atoms with Crippen LogP contribution in [-0.4, -0.2) is 27.3 Å². The van der Waals surface area contributed by atoms with Crippen LogP contribution in [0.1, 0.15) is 41.4 Å². The second-order valence-corrected chi connectivity index (χ2v) is 7.13. The van der Waals surface area contributed by atoms with E-state index >= 15 is 0 Å². The normalized spacial score (nSPS) is 17.5. The number of nitrogens with one attached hydrogen (secondary N) is 1. The molecule has 0 saturated carbocycles. The summed E-state index contributed by atoms with van der Waals surface area (Å²) in [6.45, 7) is 3.76. The van der Waals surface area contributed by atoms with Crippen LogP contribution in [0, 0.1) is 6.92 Å². The number of hydrogen-bond acceptors (Lipinski definition) is 3. The Morgan fingerprint density at radius 2 is 2.16 bits per heavy atom. The van der Waals surface area contributed by atoms with Crippen LogP contribution in [-0.2, 0) is 0 Å². The molecule has 1 N–H and O–H groups in total. The average Bonchev–Trinajstić information content (AvgIpc) is 2.62. The third kappa shape index (κ3) is 3.94. The summed E-state index contributed by atoms with van der Waals surface area (Å²) in [5.74, 6) is 2.79. The molecule has 0 fully saturated rings. The molecule has 2 aromatic rings. The number of fused-ring (bicyclic) bond motifs is 1. The van der Waals surface area contributed by atoms with Crippen molar-refractivity contribution in [2.45, 2.75) is 31.6 Å². The van der Waals surface area contributed by atoms with Crippen molar-refractivity contribution in [2.75, 3.05) is 27.3 Å². The predicted molar refractivity (Wildman–Crippen MR) is 103 cm³/mol. The van der Waals surface area contributed by atoms with E-state index in [1.165, 1.54) is 11.1 Å². The molecule has 1 heterocycles. The molecule has 0 aromatic heterocycles. The molecule has 2 aromatic carbocycles. The molecule has 0 saturated heterocycles. The summed E-state index contributed by atoms with van der Waals surface area (Å²) in [6, 6.07) is 12.5. The summed E-state index contributed by atoms with van der Waals surface area (Å²) in [4.78, 5) is 0. The third-order valence-electron chi connectivity index (χ3n) is 5.10. The Morgan fingerprint density at radius 1 is 1.32 bits per heavy atom. The molecule has 4 heteroatoms. The first kappa shape index (κ1) is 18.1. The molecule has 0 bridgehead atoms. The van der Waals surface area contributed by atoms with E-state index in [2.05, 4.69) is 36.5 Å². The first-order valence-electron chi connectivity index (χ1n) is 8.84. The monoisotopic (exact) mass is 359 g/mol. The third-order valence-corrected chi connectivity index (χ3v) is 5.33. The lowest BCUT2D eigenvalue weighted by molar-refractivity contribution is 0.254. The van der Waals surface area contributed by atoms with Gasteiger partial charge in [0.25, 0.3) is 0 Å². The summed E-state index contributed by atoms with van der Waals surface area (Å²) in [6.07, 6.45) is 2.11. The summed E-state index contributed by atoms with van der Waals surface area (Å²) in [5.41, 5.74) is 3.69. The molecule has 0 aliphatic carbocycles. The van der Waals surface area contributed by atoms with Gasteiger partial charge in [-0.25, -0.2) is 0 Å². The van der Waals surface area contributed by atoms with Crippen LogP contribution in [0.5, 0.6) is 11.5 Å². The molecule has 0 amide bonds. The van der Waals surface area contributed by atoms with Gasteiger partial charge < -0.3 is 14.8 Å². The van der Waals surface area contributed by atoms with Crippen molar-refractivity contribution >= 4 is 11.6 Å². The molecule has 0 radical (unpaired) electrons. The van der Waals surface area contributed by atoms with Crippen molar-refractivity contribution in [2.24, 2.45) is 0 Å². The molecule has 0 spiro atoms. The summed E-state index contributed by atoms with van der Waals surface area (Å²) in [5, 5.41) is 4.13. The smallest absolute Gasteiger partial charge is 0.129 e. The van der Waals surface area contributed by atoms with Crippen LogP contribution in [0.2, 0.25) is 5.02 Å². The fourth-order valence-corrected chi connectivity index (χ4v) is 4.02. The van der Waals surface area contributed by atoms with Crippen LogP contribution in [0.15, 0.2) is 36.4 Å². The lowest BCUT2D eigenvalue weighted by atomic mass is 9.81. The van der Waals surface area contributed by atoms with Crippen LogP contribution < -0.4 is 14.8 Å². The molecular formula is C21H26ClNO2. The highest BCUT2D eigenvalue weighted by atomic mass is 35.5. The van der Waals surface area contributed by atoms with E-state index in [4.69, 9.17) is 21.1 Å². The SMILES string of the molecule is CNCC(CC1CCOc2c1ccc(OC)c2C)c1cccc(Cl)c1. The van der Waals surface area contributed by atoms with Gasteiger partial charge in [0.05, 0.1) is 13.7 Å². The Kier molecular flexibility index (Phi) is 5.87. The Hall–Kier alpha value is -1.71. The molecule has 1 aliphatic heterocycles. The summed E-state index contributed by atoms with van der Waals surface area (Å²) < 4.78 is 11.4. The fraction of sp³-hybridized carbons (Fsp3) is 0.429. The molecular weight excluding hydrogens is 334 g/mol. The minimum absolute atomic E-state index is 0.419. The number of benzene rings is 2. The predicted octanol–water partition coefficient (Wildman–Crippen LogP) is 4.92. The van der Waals surface area contributed by atoms with E-state index in [1.807, 2.05) is 19.2 Å². The molecule has 1 aliphatic rings. The van der Waals surface area contributed by atoms with Crippen molar-refractivity contribution in [1.29, 1.82) is 0 Å².